The minimum Gasteiger partial charge on any atom is -0.497 e. The Kier molecular flexibility index (Phi) is 8.72. The highest BCUT2D eigenvalue weighted by Crippen LogP contribution is 2.33. The molecule has 0 bridgehead atoms. The Hall–Kier alpha value is -5.25. The fourth-order valence-corrected chi connectivity index (χ4v) is 4.57. The fraction of sp³-hybridized carbons (Fsp3) is 0.188. The highest BCUT2D eigenvalue weighted by molar-refractivity contribution is 6.10. The van der Waals surface area contributed by atoms with Gasteiger partial charge in [-0.15, -0.1) is 0 Å². The van der Waals surface area contributed by atoms with Gasteiger partial charge in [0.2, 0.25) is 6.86 Å². The first kappa shape index (κ1) is 28.3. The number of carbonyl (C=O) groups is 2. The molecule has 0 saturated carbocycles. The van der Waals surface area contributed by atoms with E-state index in [9.17, 15) is 14.0 Å². The van der Waals surface area contributed by atoms with Crippen LogP contribution in [0.15, 0.2) is 96.4 Å². The number of alkyl halides is 1. The molecule has 214 valence electrons. The van der Waals surface area contributed by atoms with Crippen molar-refractivity contribution in [2.75, 3.05) is 19.3 Å². The third-order valence-corrected chi connectivity index (χ3v) is 6.69. The lowest BCUT2D eigenvalue weighted by molar-refractivity contribution is 0.0712. The predicted octanol–water partition coefficient (Wildman–Crippen LogP) is 6.45. The Morgan fingerprint density at radius 2 is 1.86 bits per heavy atom. The number of nitrogens with zero attached hydrogens (tertiary/aromatic N) is 3. The third kappa shape index (κ3) is 6.38. The first-order valence-corrected chi connectivity index (χ1v) is 13.3. The molecule has 9 nitrogen and oxygen atoms in total. The first-order valence-electron chi connectivity index (χ1n) is 13.3. The van der Waals surface area contributed by atoms with Crippen molar-refractivity contribution >= 4 is 23.4 Å². The lowest BCUT2D eigenvalue weighted by Gasteiger charge is -2.30. The molecule has 1 aliphatic rings. The summed E-state index contributed by atoms with van der Waals surface area (Å²) in [5.74, 6) is 0.735. The summed E-state index contributed by atoms with van der Waals surface area (Å²) in [6.07, 6.45) is 2.44. The lowest BCUT2D eigenvalue weighted by atomic mass is 9.93. The van der Waals surface area contributed by atoms with Crippen molar-refractivity contribution in [1.29, 1.82) is 0 Å². The minimum absolute atomic E-state index is 0.146. The van der Waals surface area contributed by atoms with Crippen LogP contribution >= 0.6 is 0 Å². The number of aromatic nitrogens is 1. The number of methoxy groups -OCH3 is 1. The summed E-state index contributed by atoms with van der Waals surface area (Å²) >= 11 is 0. The zero-order valence-corrected chi connectivity index (χ0v) is 23.1. The van der Waals surface area contributed by atoms with E-state index in [2.05, 4.69) is 10.3 Å². The molecule has 0 fully saturated rings. The molecule has 1 aromatic heterocycles. The zero-order chi connectivity index (χ0) is 29.5. The standard InChI is InChI=1S/C32H29FN4O5/c1-3-29-30(27-14-13-26(41-20-33)17-28(27)22-6-4-8-25(16-22)40-2)36-37(32(39)42-29)19-21-9-11-24(12-10-21)35-31(38)23-7-5-15-34-18-23/h4-18,29H,3,19-20H2,1-2H3,(H,35,38). The van der Waals surface area contributed by atoms with Gasteiger partial charge in [0.15, 0.2) is 0 Å². The van der Waals surface area contributed by atoms with Gasteiger partial charge in [0, 0.05) is 23.6 Å². The summed E-state index contributed by atoms with van der Waals surface area (Å²) in [5, 5.41) is 8.85. The maximum atomic E-state index is 13.0. The quantitative estimate of drug-likeness (QED) is 0.236. The molecule has 0 spiro atoms. The van der Waals surface area contributed by atoms with E-state index in [-0.39, 0.29) is 12.5 Å². The molecule has 3 aromatic carbocycles. The van der Waals surface area contributed by atoms with Gasteiger partial charge in [-0.3, -0.25) is 9.78 Å². The SMILES string of the molecule is CCC1OC(=O)N(Cc2ccc(NC(=O)c3cccnc3)cc2)N=C1c1ccc(OCF)cc1-c1cccc(OC)c1. The molecule has 1 unspecified atom stereocenters. The molecular formula is C32H29FN4O5. The van der Waals surface area contributed by atoms with E-state index < -0.39 is 19.1 Å². The van der Waals surface area contributed by atoms with Crippen LogP contribution in [0.5, 0.6) is 11.5 Å². The van der Waals surface area contributed by atoms with Gasteiger partial charge in [-0.25, -0.2) is 9.18 Å². The fourth-order valence-electron chi connectivity index (χ4n) is 4.57. The van der Waals surface area contributed by atoms with Gasteiger partial charge in [0.1, 0.15) is 23.3 Å². The number of anilines is 1. The van der Waals surface area contributed by atoms with Gasteiger partial charge in [-0.2, -0.15) is 10.1 Å². The van der Waals surface area contributed by atoms with Crippen LogP contribution in [-0.2, 0) is 11.3 Å². The molecule has 0 saturated heterocycles. The van der Waals surface area contributed by atoms with Crippen LogP contribution in [0.4, 0.5) is 14.9 Å². The van der Waals surface area contributed by atoms with Crippen LogP contribution in [-0.4, -0.2) is 47.8 Å². The molecule has 4 aromatic rings. The molecule has 2 amide bonds. The largest absolute Gasteiger partial charge is 0.497 e. The second kappa shape index (κ2) is 12.9. The molecule has 0 aliphatic carbocycles. The maximum absolute atomic E-state index is 13.0. The number of nitrogens with one attached hydrogen (secondary N) is 1. The van der Waals surface area contributed by atoms with Crippen LogP contribution in [0.1, 0.15) is 34.8 Å². The average Bonchev–Trinajstić information content (AvgIpc) is 3.03. The molecule has 1 N–H and O–H groups in total. The third-order valence-electron chi connectivity index (χ3n) is 6.69. The first-order chi connectivity index (χ1) is 20.5. The molecule has 1 aliphatic heterocycles. The van der Waals surface area contributed by atoms with E-state index in [1.54, 1.807) is 67.9 Å². The van der Waals surface area contributed by atoms with Gasteiger partial charge in [-0.1, -0.05) is 31.2 Å². The molecule has 2 heterocycles. The Morgan fingerprint density at radius 3 is 2.57 bits per heavy atom. The van der Waals surface area contributed by atoms with Crippen LogP contribution in [0.25, 0.3) is 11.1 Å². The highest BCUT2D eigenvalue weighted by Gasteiger charge is 2.32. The Morgan fingerprint density at radius 1 is 1.02 bits per heavy atom. The number of ether oxygens (including phenoxy) is 3. The van der Waals surface area contributed by atoms with Crippen LogP contribution in [0.3, 0.4) is 0 Å². The number of halogens is 1. The Bertz CT molecular complexity index is 1590. The topological polar surface area (TPSA) is 102 Å². The van der Waals surface area contributed by atoms with Gasteiger partial charge in [-0.05, 0) is 77.7 Å². The number of rotatable bonds is 10. The molecule has 5 rings (SSSR count). The molecular weight excluding hydrogens is 539 g/mol. The van der Waals surface area contributed by atoms with Crippen molar-refractivity contribution in [3.63, 3.8) is 0 Å². The summed E-state index contributed by atoms with van der Waals surface area (Å²) in [4.78, 5) is 29.4. The van der Waals surface area contributed by atoms with Gasteiger partial charge >= 0.3 is 6.09 Å². The number of cyclic esters (lactones) is 1. The second-order valence-electron chi connectivity index (χ2n) is 9.41. The van der Waals surface area contributed by atoms with Gasteiger partial charge < -0.3 is 19.5 Å². The Balaban J connectivity index is 1.43. The molecule has 1 atom stereocenters. The summed E-state index contributed by atoms with van der Waals surface area (Å²) < 4.78 is 29.4. The van der Waals surface area contributed by atoms with Crippen molar-refractivity contribution in [1.82, 2.24) is 9.99 Å². The number of hydrogen-bond donors (Lipinski definition) is 1. The van der Waals surface area contributed by atoms with E-state index in [0.29, 0.717) is 40.4 Å². The number of carbonyl (C=O) groups excluding carboxylic acids is 2. The number of hydrazone groups is 1. The van der Waals surface area contributed by atoms with E-state index in [4.69, 9.17) is 19.3 Å². The molecule has 42 heavy (non-hydrogen) atoms. The summed E-state index contributed by atoms with van der Waals surface area (Å²) in [5.41, 5.74) is 4.63. The minimum atomic E-state index is -0.966. The lowest BCUT2D eigenvalue weighted by Crippen LogP contribution is -2.41. The number of hydrogen-bond acceptors (Lipinski definition) is 7. The highest BCUT2D eigenvalue weighted by atomic mass is 19.1. The predicted molar refractivity (Wildman–Crippen MR) is 156 cm³/mol. The van der Waals surface area contributed by atoms with E-state index >= 15 is 0 Å². The van der Waals surface area contributed by atoms with Crippen LogP contribution in [0.2, 0.25) is 0 Å². The van der Waals surface area contributed by atoms with Crippen molar-refractivity contribution in [2.24, 2.45) is 5.10 Å². The molecule has 0 radical (unpaired) electrons. The van der Waals surface area contributed by atoms with Crippen molar-refractivity contribution in [2.45, 2.75) is 26.0 Å². The zero-order valence-electron chi connectivity index (χ0n) is 23.1. The monoisotopic (exact) mass is 568 g/mol. The van der Waals surface area contributed by atoms with E-state index in [0.717, 1.165) is 16.7 Å². The molecule has 10 heteroatoms. The van der Waals surface area contributed by atoms with Crippen LogP contribution < -0.4 is 14.8 Å². The second-order valence-corrected chi connectivity index (χ2v) is 9.41. The number of benzene rings is 3. The summed E-state index contributed by atoms with van der Waals surface area (Å²) in [6, 6.07) is 23.1. The van der Waals surface area contributed by atoms with Crippen molar-refractivity contribution < 1.29 is 28.2 Å². The van der Waals surface area contributed by atoms with E-state index in [1.807, 2.05) is 31.2 Å². The van der Waals surface area contributed by atoms with E-state index in [1.165, 1.54) is 11.2 Å². The average molecular weight is 569 g/mol. The van der Waals surface area contributed by atoms with Crippen molar-refractivity contribution in [3.05, 3.63) is 108 Å². The smallest absolute Gasteiger partial charge is 0.431 e. The van der Waals surface area contributed by atoms with Crippen molar-refractivity contribution in [3.8, 4) is 22.6 Å². The number of amides is 2. The van der Waals surface area contributed by atoms with Gasteiger partial charge in [0.25, 0.3) is 5.91 Å². The summed E-state index contributed by atoms with van der Waals surface area (Å²) in [6.45, 7) is 1.09. The van der Waals surface area contributed by atoms with Crippen LogP contribution in [0, 0.1) is 0 Å². The Labute approximate surface area is 242 Å². The maximum Gasteiger partial charge on any atom is 0.431 e. The normalized spacial score (nSPS) is 14.5. The van der Waals surface area contributed by atoms with Gasteiger partial charge in [0.05, 0.1) is 19.2 Å². The summed E-state index contributed by atoms with van der Waals surface area (Å²) in [7, 11) is 1.58. The number of pyridine rings is 1.